The highest BCUT2D eigenvalue weighted by molar-refractivity contribution is 9.10. The summed E-state index contributed by atoms with van der Waals surface area (Å²) in [5.41, 5.74) is 1.14. The van der Waals surface area contributed by atoms with E-state index in [0.717, 1.165) is 29.3 Å². The maximum atomic E-state index is 11.6. The third-order valence-electron chi connectivity index (χ3n) is 2.75. The zero-order valence-electron chi connectivity index (χ0n) is 10.5. The molecular weight excluding hydrogens is 278 g/mol. The molecule has 1 aromatic rings. The zero-order chi connectivity index (χ0) is 12.7. The maximum absolute atomic E-state index is 11.6. The second kappa shape index (κ2) is 7.49. The fraction of sp³-hybridized carbons (Fsp3) is 0.500. The smallest absolute Gasteiger partial charge is 0.220 e. The quantitative estimate of drug-likeness (QED) is 0.783. The van der Waals surface area contributed by atoms with Crippen LogP contribution in [0.1, 0.15) is 51.1 Å². The molecule has 2 nitrogen and oxygen atoms in total. The third-order valence-corrected chi connectivity index (χ3v) is 3.28. The van der Waals surface area contributed by atoms with Crippen molar-refractivity contribution in [3.63, 3.8) is 0 Å². The largest absolute Gasteiger partial charge is 0.350 e. The predicted molar refractivity (Wildman–Crippen MR) is 74.8 cm³/mol. The van der Waals surface area contributed by atoms with E-state index in [2.05, 4.69) is 28.2 Å². The minimum absolute atomic E-state index is 0.0808. The van der Waals surface area contributed by atoms with Crippen LogP contribution in [-0.4, -0.2) is 5.91 Å². The fourth-order valence-corrected chi connectivity index (χ4v) is 1.95. The Bertz CT molecular complexity index is 348. The Hall–Kier alpha value is -0.830. The second-order valence-electron chi connectivity index (χ2n) is 4.30. The van der Waals surface area contributed by atoms with E-state index in [9.17, 15) is 4.79 Å². The molecule has 3 heteroatoms. The van der Waals surface area contributed by atoms with E-state index in [1.165, 1.54) is 0 Å². The van der Waals surface area contributed by atoms with Crippen LogP contribution in [0, 0.1) is 0 Å². The lowest BCUT2D eigenvalue weighted by Crippen LogP contribution is -2.26. The molecule has 0 radical (unpaired) electrons. The van der Waals surface area contributed by atoms with Crippen molar-refractivity contribution in [2.24, 2.45) is 0 Å². The van der Waals surface area contributed by atoms with Gasteiger partial charge in [0, 0.05) is 10.9 Å². The molecule has 1 rings (SSSR count). The molecule has 0 saturated carbocycles. The lowest BCUT2D eigenvalue weighted by Gasteiger charge is -2.14. The van der Waals surface area contributed by atoms with E-state index in [-0.39, 0.29) is 11.9 Å². The highest BCUT2D eigenvalue weighted by Gasteiger charge is 2.08. The first-order valence-electron chi connectivity index (χ1n) is 6.18. The summed E-state index contributed by atoms with van der Waals surface area (Å²) in [4.78, 5) is 11.6. The first-order chi connectivity index (χ1) is 8.13. The van der Waals surface area contributed by atoms with Gasteiger partial charge >= 0.3 is 0 Å². The summed E-state index contributed by atoms with van der Waals surface area (Å²) in [6.07, 6.45) is 3.89. The van der Waals surface area contributed by atoms with Crippen LogP contribution in [0.15, 0.2) is 28.7 Å². The Balaban J connectivity index is 2.40. The lowest BCUT2D eigenvalue weighted by molar-refractivity contribution is -0.121. The molecule has 0 aliphatic heterocycles. The third kappa shape index (κ3) is 5.35. The first kappa shape index (κ1) is 14.2. The zero-order valence-corrected chi connectivity index (χ0v) is 12.1. The highest BCUT2D eigenvalue weighted by atomic mass is 79.9. The summed E-state index contributed by atoms with van der Waals surface area (Å²) in [6.45, 7) is 4.16. The molecule has 1 unspecified atom stereocenters. The van der Waals surface area contributed by atoms with Gasteiger partial charge in [0.2, 0.25) is 5.91 Å². The van der Waals surface area contributed by atoms with Crippen molar-refractivity contribution in [3.05, 3.63) is 34.3 Å². The average molecular weight is 298 g/mol. The van der Waals surface area contributed by atoms with Crippen molar-refractivity contribution in [1.29, 1.82) is 0 Å². The summed E-state index contributed by atoms with van der Waals surface area (Å²) in [5.74, 6) is 0.147. The number of carbonyl (C=O) groups excluding carboxylic acids is 1. The van der Waals surface area contributed by atoms with E-state index < -0.39 is 0 Å². The number of nitrogens with one attached hydrogen (secondary N) is 1. The number of hydrogen-bond acceptors (Lipinski definition) is 1. The van der Waals surface area contributed by atoms with Crippen molar-refractivity contribution in [2.75, 3.05) is 0 Å². The van der Waals surface area contributed by atoms with Crippen molar-refractivity contribution in [2.45, 2.75) is 45.6 Å². The SMILES string of the molecule is CCCCCC(=O)NC(C)c1ccc(Br)cc1. The van der Waals surface area contributed by atoms with Crippen LogP contribution < -0.4 is 5.32 Å². The summed E-state index contributed by atoms with van der Waals surface area (Å²) in [7, 11) is 0. The Morgan fingerprint density at radius 2 is 1.94 bits per heavy atom. The summed E-state index contributed by atoms with van der Waals surface area (Å²) in [5, 5.41) is 3.02. The molecule has 0 spiro atoms. The van der Waals surface area contributed by atoms with Gasteiger partial charge in [-0.2, -0.15) is 0 Å². The van der Waals surface area contributed by atoms with Gasteiger partial charge in [-0.15, -0.1) is 0 Å². The Labute approximate surface area is 112 Å². The summed E-state index contributed by atoms with van der Waals surface area (Å²) in [6, 6.07) is 8.13. The number of rotatable bonds is 6. The summed E-state index contributed by atoms with van der Waals surface area (Å²) >= 11 is 3.40. The van der Waals surface area contributed by atoms with Crippen LogP contribution in [0.3, 0.4) is 0 Å². The maximum Gasteiger partial charge on any atom is 0.220 e. The first-order valence-corrected chi connectivity index (χ1v) is 6.97. The molecule has 94 valence electrons. The van der Waals surface area contributed by atoms with E-state index in [0.29, 0.717) is 6.42 Å². The molecule has 1 amide bonds. The average Bonchev–Trinajstić information content (AvgIpc) is 2.30. The lowest BCUT2D eigenvalue weighted by atomic mass is 10.1. The Morgan fingerprint density at radius 3 is 2.53 bits per heavy atom. The second-order valence-corrected chi connectivity index (χ2v) is 5.21. The van der Waals surface area contributed by atoms with Crippen LogP contribution in [0.2, 0.25) is 0 Å². The van der Waals surface area contributed by atoms with Gasteiger partial charge in [-0.25, -0.2) is 0 Å². The number of carbonyl (C=O) groups is 1. The molecule has 0 fully saturated rings. The minimum atomic E-state index is 0.0808. The Morgan fingerprint density at radius 1 is 1.29 bits per heavy atom. The molecule has 0 aromatic heterocycles. The van der Waals surface area contributed by atoms with Crippen LogP contribution >= 0.6 is 15.9 Å². The normalized spacial score (nSPS) is 12.2. The number of hydrogen-bond donors (Lipinski definition) is 1. The van der Waals surface area contributed by atoms with Crippen molar-refractivity contribution in [1.82, 2.24) is 5.32 Å². The van der Waals surface area contributed by atoms with E-state index >= 15 is 0 Å². The standard InChI is InChI=1S/C14H20BrNO/c1-3-4-5-6-14(17)16-11(2)12-7-9-13(15)10-8-12/h7-11H,3-6H2,1-2H3,(H,16,17). The minimum Gasteiger partial charge on any atom is -0.350 e. The van der Waals surface area contributed by atoms with Crippen LogP contribution in [0.5, 0.6) is 0 Å². The van der Waals surface area contributed by atoms with Crippen LogP contribution in [0.25, 0.3) is 0 Å². The van der Waals surface area contributed by atoms with Gasteiger partial charge < -0.3 is 5.32 Å². The topological polar surface area (TPSA) is 29.1 Å². The van der Waals surface area contributed by atoms with E-state index in [1.54, 1.807) is 0 Å². The summed E-state index contributed by atoms with van der Waals surface area (Å²) < 4.78 is 1.06. The van der Waals surface area contributed by atoms with Gasteiger partial charge in [0.05, 0.1) is 6.04 Å². The number of unbranched alkanes of at least 4 members (excludes halogenated alkanes) is 2. The monoisotopic (exact) mass is 297 g/mol. The van der Waals surface area contributed by atoms with E-state index in [4.69, 9.17) is 0 Å². The molecular formula is C14H20BrNO. The molecule has 1 N–H and O–H groups in total. The van der Waals surface area contributed by atoms with Crippen molar-refractivity contribution < 1.29 is 4.79 Å². The van der Waals surface area contributed by atoms with Gasteiger partial charge in [-0.1, -0.05) is 47.8 Å². The van der Waals surface area contributed by atoms with Crippen LogP contribution in [0.4, 0.5) is 0 Å². The van der Waals surface area contributed by atoms with Gasteiger partial charge in [0.15, 0.2) is 0 Å². The van der Waals surface area contributed by atoms with Crippen LogP contribution in [-0.2, 0) is 4.79 Å². The van der Waals surface area contributed by atoms with Crippen molar-refractivity contribution >= 4 is 21.8 Å². The fourth-order valence-electron chi connectivity index (χ4n) is 1.68. The predicted octanol–water partition coefficient (Wildman–Crippen LogP) is 4.21. The molecule has 0 heterocycles. The highest BCUT2D eigenvalue weighted by Crippen LogP contribution is 2.16. The van der Waals surface area contributed by atoms with Gasteiger partial charge in [0.1, 0.15) is 0 Å². The Kier molecular flexibility index (Phi) is 6.27. The molecule has 1 atom stereocenters. The molecule has 17 heavy (non-hydrogen) atoms. The van der Waals surface area contributed by atoms with Gasteiger partial charge in [0.25, 0.3) is 0 Å². The number of benzene rings is 1. The van der Waals surface area contributed by atoms with E-state index in [1.807, 2.05) is 31.2 Å². The molecule has 0 saturated heterocycles. The van der Waals surface area contributed by atoms with Crippen molar-refractivity contribution in [3.8, 4) is 0 Å². The molecule has 0 aliphatic carbocycles. The molecule has 1 aromatic carbocycles. The molecule has 0 aliphatic rings. The molecule has 0 bridgehead atoms. The number of amides is 1. The number of halogens is 1. The van der Waals surface area contributed by atoms with Gasteiger partial charge in [-0.3, -0.25) is 4.79 Å². The van der Waals surface area contributed by atoms with Gasteiger partial charge in [-0.05, 0) is 31.0 Å².